The lowest BCUT2D eigenvalue weighted by atomic mass is 9.96. The number of piperidine rings is 1. The van der Waals surface area contributed by atoms with Gasteiger partial charge in [-0.2, -0.15) is 4.98 Å². The molecule has 0 spiro atoms. The van der Waals surface area contributed by atoms with Gasteiger partial charge < -0.3 is 9.42 Å². The Balaban J connectivity index is 1.59. The molecule has 24 heavy (non-hydrogen) atoms. The molecule has 0 saturated carbocycles. The Kier molecular flexibility index (Phi) is 5.51. The molecule has 2 heterocycles. The van der Waals surface area contributed by atoms with Gasteiger partial charge in [-0.1, -0.05) is 30.1 Å². The maximum atomic E-state index is 12.1. The fraction of sp³-hybridized carbons (Fsp3) is 0.500. The fourth-order valence-electron chi connectivity index (χ4n) is 2.98. The summed E-state index contributed by atoms with van der Waals surface area (Å²) in [4.78, 5) is 18.6. The smallest absolute Gasteiger partial charge is 0.230 e. The number of unbranched alkanes of at least 4 members (excludes halogenated alkanes) is 1. The average molecular weight is 348 g/mol. The van der Waals surface area contributed by atoms with Crippen LogP contribution in [0, 0.1) is 0 Å². The molecule has 1 aliphatic heterocycles. The second-order valence-electron chi connectivity index (χ2n) is 6.22. The minimum Gasteiger partial charge on any atom is -0.343 e. The summed E-state index contributed by atoms with van der Waals surface area (Å²) in [6.45, 7) is 3.64. The third-order valence-corrected chi connectivity index (χ3v) is 4.74. The van der Waals surface area contributed by atoms with E-state index in [0.717, 1.165) is 44.3 Å². The normalized spacial score (nSPS) is 15.7. The number of hydrogen-bond donors (Lipinski definition) is 0. The number of carbonyl (C=O) groups is 1. The van der Waals surface area contributed by atoms with E-state index in [-0.39, 0.29) is 11.8 Å². The Bertz CT molecular complexity index is 676. The topological polar surface area (TPSA) is 59.2 Å². The van der Waals surface area contributed by atoms with Crippen LogP contribution in [0.3, 0.4) is 0 Å². The highest BCUT2D eigenvalue weighted by Gasteiger charge is 2.27. The van der Waals surface area contributed by atoms with Gasteiger partial charge in [-0.25, -0.2) is 0 Å². The van der Waals surface area contributed by atoms with Crippen LogP contribution in [-0.4, -0.2) is 34.0 Å². The zero-order valence-corrected chi connectivity index (χ0v) is 14.6. The second-order valence-corrected chi connectivity index (χ2v) is 6.66. The van der Waals surface area contributed by atoms with Gasteiger partial charge in [0.15, 0.2) is 0 Å². The molecule has 0 radical (unpaired) electrons. The molecule has 0 N–H and O–H groups in total. The molecular formula is C18H22ClN3O2. The second kappa shape index (κ2) is 7.79. The van der Waals surface area contributed by atoms with Gasteiger partial charge in [0.2, 0.25) is 17.6 Å². The quantitative estimate of drug-likeness (QED) is 0.809. The zero-order valence-electron chi connectivity index (χ0n) is 13.9. The first-order chi connectivity index (χ1) is 11.7. The highest BCUT2D eigenvalue weighted by atomic mass is 35.5. The minimum atomic E-state index is 0.230. The van der Waals surface area contributed by atoms with E-state index in [0.29, 0.717) is 23.2 Å². The number of hydrogen-bond acceptors (Lipinski definition) is 4. The summed E-state index contributed by atoms with van der Waals surface area (Å²) in [5.41, 5.74) is 0.890. The van der Waals surface area contributed by atoms with Crippen molar-refractivity contribution < 1.29 is 9.32 Å². The van der Waals surface area contributed by atoms with Crippen molar-refractivity contribution in [3.05, 3.63) is 35.2 Å². The Morgan fingerprint density at radius 3 is 2.67 bits per heavy atom. The first-order valence-corrected chi connectivity index (χ1v) is 8.92. The zero-order chi connectivity index (χ0) is 16.9. The van der Waals surface area contributed by atoms with Crippen LogP contribution in [0.1, 0.15) is 50.8 Å². The molecule has 1 aromatic heterocycles. The summed E-state index contributed by atoms with van der Waals surface area (Å²) < 4.78 is 5.45. The van der Waals surface area contributed by atoms with Crippen LogP contribution in [0.15, 0.2) is 28.8 Å². The van der Waals surface area contributed by atoms with E-state index in [1.807, 2.05) is 29.2 Å². The van der Waals surface area contributed by atoms with Crippen LogP contribution in [0.4, 0.5) is 0 Å². The Morgan fingerprint density at radius 1 is 1.29 bits per heavy atom. The van der Waals surface area contributed by atoms with E-state index in [1.165, 1.54) is 0 Å². The van der Waals surface area contributed by atoms with E-state index in [1.54, 1.807) is 0 Å². The molecule has 128 valence electrons. The van der Waals surface area contributed by atoms with E-state index in [2.05, 4.69) is 17.1 Å². The largest absolute Gasteiger partial charge is 0.343 e. The first-order valence-electron chi connectivity index (χ1n) is 8.54. The first kappa shape index (κ1) is 17.0. The van der Waals surface area contributed by atoms with Crippen LogP contribution in [0.2, 0.25) is 5.02 Å². The van der Waals surface area contributed by atoms with Crippen molar-refractivity contribution >= 4 is 17.5 Å². The molecule has 1 saturated heterocycles. The molecule has 3 rings (SSSR count). The molecule has 1 aromatic carbocycles. The molecule has 0 unspecified atom stereocenters. The molecule has 2 aromatic rings. The van der Waals surface area contributed by atoms with Crippen LogP contribution < -0.4 is 0 Å². The predicted molar refractivity (Wildman–Crippen MR) is 92.8 cm³/mol. The molecule has 1 aliphatic rings. The summed E-state index contributed by atoms with van der Waals surface area (Å²) >= 11 is 5.90. The highest BCUT2D eigenvalue weighted by molar-refractivity contribution is 6.30. The van der Waals surface area contributed by atoms with Gasteiger partial charge >= 0.3 is 0 Å². The van der Waals surface area contributed by atoms with Crippen LogP contribution in [0.5, 0.6) is 0 Å². The van der Waals surface area contributed by atoms with Crippen LogP contribution in [-0.2, 0) is 4.79 Å². The van der Waals surface area contributed by atoms with Gasteiger partial charge in [-0.05, 0) is 43.5 Å². The lowest BCUT2D eigenvalue weighted by Gasteiger charge is -2.30. The van der Waals surface area contributed by atoms with Crippen molar-refractivity contribution in [3.8, 4) is 11.4 Å². The maximum absolute atomic E-state index is 12.1. The summed E-state index contributed by atoms with van der Waals surface area (Å²) in [5.74, 6) is 1.75. The minimum absolute atomic E-state index is 0.230. The molecule has 0 aliphatic carbocycles. The molecule has 0 atom stereocenters. The lowest BCUT2D eigenvalue weighted by Crippen LogP contribution is -2.37. The predicted octanol–water partition coefficient (Wildman–Crippen LogP) is 4.29. The molecular weight excluding hydrogens is 326 g/mol. The molecule has 5 nitrogen and oxygen atoms in total. The van der Waals surface area contributed by atoms with Crippen molar-refractivity contribution in [2.45, 2.75) is 44.9 Å². The number of carbonyl (C=O) groups excluding carboxylic acids is 1. The Morgan fingerprint density at radius 2 is 2.00 bits per heavy atom. The fourth-order valence-corrected chi connectivity index (χ4v) is 3.11. The van der Waals surface area contributed by atoms with Gasteiger partial charge in [-0.3, -0.25) is 4.79 Å². The average Bonchev–Trinajstić information content (AvgIpc) is 3.10. The summed E-state index contributed by atoms with van der Waals surface area (Å²) in [5, 5.41) is 4.76. The molecule has 1 fully saturated rings. The van der Waals surface area contributed by atoms with E-state index >= 15 is 0 Å². The number of rotatable bonds is 5. The summed E-state index contributed by atoms with van der Waals surface area (Å²) in [7, 11) is 0. The molecule has 6 heteroatoms. The third-order valence-electron chi connectivity index (χ3n) is 4.49. The molecule has 0 bridgehead atoms. The standard InChI is InChI=1S/C18H22ClN3O2/c1-2-3-4-16(23)22-11-9-14(10-12-22)18-20-17(21-24-18)13-5-7-15(19)8-6-13/h5-8,14H,2-4,9-12H2,1H3. The number of nitrogens with zero attached hydrogens (tertiary/aromatic N) is 3. The van der Waals surface area contributed by atoms with Crippen molar-refractivity contribution in [1.29, 1.82) is 0 Å². The third kappa shape index (κ3) is 3.96. The number of likely N-dealkylation sites (tertiary alicyclic amines) is 1. The van der Waals surface area contributed by atoms with Gasteiger partial charge in [0.05, 0.1) is 0 Å². The van der Waals surface area contributed by atoms with E-state index in [9.17, 15) is 4.79 Å². The van der Waals surface area contributed by atoms with Gasteiger partial charge in [0, 0.05) is 36.0 Å². The van der Waals surface area contributed by atoms with Crippen LogP contribution >= 0.6 is 11.6 Å². The number of benzene rings is 1. The van der Waals surface area contributed by atoms with E-state index in [4.69, 9.17) is 16.1 Å². The summed E-state index contributed by atoms with van der Waals surface area (Å²) in [6, 6.07) is 7.39. The Labute approximate surface area is 147 Å². The highest BCUT2D eigenvalue weighted by Crippen LogP contribution is 2.29. The molecule has 1 amide bonds. The maximum Gasteiger partial charge on any atom is 0.230 e. The monoisotopic (exact) mass is 347 g/mol. The van der Waals surface area contributed by atoms with Gasteiger partial charge in [0.1, 0.15) is 0 Å². The van der Waals surface area contributed by atoms with Crippen molar-refractivity contribution in [2.75, 3.05) is 13.1 Å². The summed E-state index contributed by atoms with van der Waals surface area (Å²) in [6.07, 6.45) is 4.42. The van der Waals surface area contributed by atoms with Crippen molar-refractivity contribution in [2.24, 2.45) is 0 Å². The van der Waals surface area contributed by atoms with Gasteiger partial charge in [-0.15, -0.1) is 0 Å². The van der Waals surface area contributed by atoms with Crippen molar-refractivity contribution in [3.63, 3.8) is 0 Å². The number of amides is 1. The lowest BCUT2D eigenvalue weighted by molar-refractivity contribution is -0.132. The van der Waals surface area contributed by atoms with Crippen molar-refractivity contribution in [1.82, 2.24) is 15.0 Å². The van der Waals surface area contributed by atoms with E-state index < -0.39 is 0 Å². The number of aromatic nitrogens is 2. The SMILES string of the molecule is CCCCC(=O)N1CCC(c2nc(-c3ccc(Cl)cc3)no2)CC1. The number of halogens is 1. The Hall–Kier alpha value is -1.88. The van der Waals surface area contributed by atoms with Gasteiger partial charge in [0.25, 0.3) is 0 Å². The van der Waals surface area contributed by atoms with Crippen LogP contribution in [0.25, 0.3) is 11.4 Å².